The maximum absolute atomic E-state index is 12.4. The van der Waals surface area contributed by atoms with Gasteiger partial charge in [0.25, 0.3) is 5.91 Å². The summed E-state index contributed by atoms with van der Waals surface area (Å²) < 4.78 is 5.14. The number of carbonyl (C=O) groups excluding carboxylic acids is 3. The maximum Gasteiger partial charge on any atom is 0.321 e. The van der Waals surface area contributed by atoms with E-state index in [1.54, 1.807) is 0 Å². The number of hydrogen-bond donors (Lipinski definition) is 2. The summed E-state index contributed by atoms with van der Waals surface area (Å²) >= 11 is 0. The smallest absolute Gasteiger partial charge is 0.321 e. The van der Waals surface area contributed by atoms with E-state index < -0.39 is 30.4 Å². The first-order valence-corrected chi connectivity index (χ1v) is 8.64. The van der Waals surface area contributed by atoms with Gasteiger partial charge in [-0.15, -0.1) is 0 Å². The minimum Gasteiger partial charge on any atom is -0.455 e. The van der Waals surface area contributed by atoms with E-state index in [2.05, 4.69) is 10.6 Å². The van der Waals surface area contributed by atoms with Crippen molar-refractivity contribution < 1.29 is 19.1 Å². The summed E-state index contributed by atoms with van der Waals surface area (Å²) in [5, 5.41) is 4.71. The van der Waals surface area contributed by atoms with E-state index in [1.807, 2.05) is 58.0 Å². The molecule has 25 heavy (non-hydrogen) atoms. The topological polar surface area (TPSA) is 84.5 Å². The van der Waals surface area contributed by atoms with Crippen LogP contribution < -0.4 is 10.6 Å². The van der Waals surface area contributed by atoms with Crippen molar-refractivity contribution in [2.75, 3.05) is 13.2 Å². The van der Waals surface area contributed by atoms with Gasteiger partial charge in [-0.05, 0) is 17.4 Å². The molecule has 0 aliphatic carbocycles. The zero-order chi connectivity index (χ0) is 18.8. The summed E-state index contributed by atoms with van der Waals surface area (Å²) in [6, 6.07) is 8.77. The number of benzene rings is 1. The van der Waals surface area contributed by atoms with Crippen LogP contribution in [0.2, 0.25) is 0 Å². The highest BCUT2D eigenvalue weighted by Crippen LogP contribution is 2.28. The van der Waals surface area contributed by atoms with Crippen LogP contribution in [-0.2, 0) is 14.3 Å². The fourth-order valence-corrected chi connectivity index (χ4v) is 2.32. The van der Waals surface area contributed by atoms with Crippen molar-refractivity contribution >= 4 is 17.9 Å². The highest BCUT2D eigenvalue weighted by atomic mass is 16.5. The standard InChI is InChI=1S/C19H28N2O4/c1-5-14(4)17(15-9-7-6-8-10-15)18(23)25-12-16(22)21-19(24)20-11-13(2)3/h6-10,13-14,17H,5,11-12H2,1-4H3,(H2,20,21,22,24). The van der Waals surface area contributed by atoms with Gasteiger partial charge in [0.15, 0.2) is 6.61 Å². The molecule has 0 saturated heterocycles. The van der Waals surface area contributed by atoms with Gasteiger partial charge in [-0.1, -0.05) is 64.4 Å². The van der Waals surface area contributed by atoms with Gasteiger partial charge in [0.2, 0.25) is 0 Å². The van der Waals surface area contributed by atoms with Crippen LogP contribution in [0.3, 0.4) is 0 Å². The van der Waals surface area contributed by atoms with Crippen LogP contribution in [0.5, 0.6) is 0 Å². The third-order valence-electron chi connectivity index (χ3n) is 3.89. The van der Waals surface area contributed by atoms with E-state index in [1.165, 1.54) is 0 Å². The summed E-state index contributed by atoms with van der Waals surface area (Å²) in [5.41, 5.74) is 0.858. The molecule has 6 heteroatoms. The summed E-state index contributed by atoms with van der Waals surface area (Å²) in [4.78, 5) is 35.7. The minimum atomic E-state index is -0.648. The van der Waals surface area contributed by atoms with Gasteiger partial charge in [0.05, 0.1) is 5.92 Å². The highest BCUT2D eigenvalue weighted by molar-refractivity contribution is 5.95. The Morgan fingerprint density at radius 3 is 2.28 bits per heavy atom. The second kappa shape index (κ2) is 10.5. The summed E-state index contributed by atoms with van der Waals surface area (Å²) in [5.74, 6) is -1.19. The quantitative estimate of drug-likeness (QED) is 0.708. The molecule has 1 aromatic rings. The Morgan fingerprint density at radius 2 is 1.72 bits per heavy atom. The number of rotatable bonds is 8. The second-order valence-corrected chi connectivity index (χ2v) is 6.53. The number of ether oxygens (including phenoxy) is 1. The van der Waals surface area contributed by atoms with Gasteiger partial charge in [-0.25, -0.2) is 4.79 Å². The van der Waals surface area contributed by atoms with Crippen molar-refractivity contribution in [2.24, 2.45) is 11.8 Å². The first kappa shape index (κ1) is 20.7. The molecule has 2 atom stereocenters. The Morgan fingerprint density at radius 1 is 1.08 bits per heavy atom. The molecule has 0 radical (unpaired) electrons. The minimum absolute atomic E-state index is 0.0762. The monoisotopic (exact) mass is 348 g/mol. The predicted octanol–water partition coefficient (Wildman–Crippen LogP) is 2.84. The van der Waals surface area contributed by atoms with Crippen LogP contribution in [0.1, 0.15) is 45.6 Å². The molecule has 0 saturated carbocycles. The molecule has 0 aliphatic heterocycles. The van der Waals surface area contributed by atoms with Crippen molar-refractivity contribution in [1.82, 2.24) is 10.6 Å². The largest absolute Gasteiger partial charge is 0.455 e. The number of esters is 1. The molecule has 0 bridgehead atoms. The highest BCUT2D eigenvalue weighted by Gasteiger charge is 2.27. The van der Waals surface area contributed by atoms with Crippen molar-refractivity contribution in [3.63, 3.8) is 0 Å². The predicted molar refractivity (Wildman–Crippen MR) is 96.0 cm³/mol. The van der Waals surface area contributed by atoms with E-state index in [9.17, 15) is 14.4 Å². The Labute approximate surface area is 149 Å². The summed E-state index contributed by atoms with van der Waals surface area (Å²) in [6.07, 6.45) is 0.804. The zero-order valence-electron chi connectivity index (χ0n) is 15.4. The molecule has 3 amide bonds. The lowest BCUT2D eigenvalue weighted by atomic mass is 9.86. The molecule has 1 rings (SSSR count). The van der Waals surface area contributed by atoms with Crippen molar-refractivity contribution in [3.8, 4) is 0 Å². The Bertz CT molecular complexity index is 572. The number of carbonyl (C=O) groups is 3. The van der Waals surface area contributed by atoms with Crippen LogP contribution in [0.25, 0.3) is 0 Å². The molecule has 6 nitrogen and oxygen atoms in total. The van der Waals surface area contributed by atoms with Crippen LogP contribution in [0.4, 0.5) is 4.79 Å². The lowest BCUT2D eigenvalue weighted by molar-refractivity contribution is -0.151. The molecule has 0 fully saturated rings. The molecule has 0 heterocycles. The third-order valence-corrected chi connectivity index (χ3v) is 3.89. The van der Waals surface area contributed by atoms with E-state index in [4.69, 9.17) is 4.74 Å². The van der Waals surface area contributed by atoms with Gasteiger partial charge in [0, 0.05) is 6.54 Å². The lowest BCUT2D eigenvalue weighted by Crippen LogP contribution is -2.42. The fourth-order valence-electron chi connectivity index (χ4n) is 2.32. The first-order valence-electron chi connectivity index (χ1n) is 8.64. The molecule has 2 N–H and O–H groups in total. The van der Waals surface area contributed by atoms with Crippen molar-refractivity contribution in [2.45, 2.75) is 40.0 Å². The van der Waals surface area contributed by atoms with Crippen LogP contribution in [0, 0.1) is 11.8 Å². The Hall–Kier alpha value is -2.37. The summed E-state index contributed by atoms with van der Waals surface area (Å²) in [7, 11) is 0. The molecule has 0 spiro atoms. The molecule has 2 unspecified atom stereocenters. The van der Waals surface area contributed by atoms with Gasteiger partial charge in [0.1, 0.15) is 0 Å². The first-order chi connectivity index (χ1) is 11.8. The molecule has 0 aliphatic rings. The number of imide groups is 1. The lowest BCUT2D eigenvalue weighted by Gasteiger charge is -2.21. The van der Waals surface area contributed by atoms with E-state index in [0.717, 1.165) is 12.0 Å². The van der Waals surface area contributed by atoms with Gasteiger partial charge in [-0.3, -0.25) is 14.9 Å². The third kappa shape index (κ3) is 7.37. The van der Waals surface area contributed by atoms with Gasteiger partial charge >= 0.3 is 12.0 Å². The molecule has 1 aromatic carbocycles. The normalized spacial score (nSPS) is 13.0. The van der Waals surface area contributed by atoms with Crippen LogP contribution in [-0.4, -0.2) is 31.1 Å². The van der Waals surface area contributed by atoms with Crippen molar-refractivity contribution in [3.05, 3.63) is 35.9 Å². The van der Waals surface area contributed by atoms with E-state index in [0.29, 0.717) is 6.54 Å². The SMILES string of the molecule is CCC(C)C(C(=O)OCC(=O)NC(=O)NCC(C)C)c1ccccc1. The number of hydrogen-bond acceptors (Lipinski definition) is 4. The average molecular weight is 348 g/mol. The summed E-state index contributed by atoms with van der Waals surface area (Å²) in [6.45, 7) is 7.85. The van der Waals surface area contributed by atoms with Crippen LogP contribution >= 0.6 is 0 Å². The second-order valence-electron chi connectivity index (χ2n) is 6.53. The fraction of sp³-hybridized carbons (Fsp3) is 0.526. The molecule has 138 valence electrons. The van der Waals surface area contributed by atoms with E-state index >= 15 is 0 Å². The molecular weight excluding hydrogens is 320 g/mol. The average Bonchev–Trinajstić information content (AvgIpc) is 2.59. The maximum atomic E-state index is 12.4. The Kier molecular flexibility index (Phi) is 8.67. The van der Waals surface area contributed by atoms with E-state index in [-0.39, 0.29) is 11.8 Å². The Balaban J connectivity index is 2.57. The van der Waals surface area contributed by atoms with Crippen LogP contribution in [0.15, 0.2) is 30.3 Å². The number of nitrogens with one attached hydrogen (secondary N) is 2. The van der Waals surface area contributed by atoms with Gasteiger partial charge in [-0.2, -0.15) is 0 Å². The molecular formula is C19H28N2O4. The molecule has 0 aromatic heterocycles. The van der Waals surface area contributed by atoms with Gasteiger partial charge < -0.3 is 10.1 Å². The number of amides is 3. The van der Waals surface area contributed by atoms with Crippen molar-refractivity contribution in [1.29, 1.82) is 0 Å². The zero-order valence-corrected chi connectivity index (χ0v) is 15.4. The number of urea groups is 1.